The molecule has 1 rings (SSSR count). The summed E-state index contributed by atoms with van der Waals surface area (Å²) in [7, 11) is 0. The fourth-order valence-corrected chi connectivity index (χ4v) is 1.08. The van der Waals surface area contributed by atoms with Crippen LogP contribution in [0.25, 0.3) is 0 Å². The Kier molecular flexibility index (Phi) is 3.73. The Labute approximate surface area is 87.0 Å². The first-order valence-corrected chi connectivity index (χ1v) is 4.44. The van der Waals surface area contributed by atoms with Gasteiger partial charge in [-0.15, -0.1) is 0 Å². The molecule has 0 fully saturated rings. The predicted molar refractivity (Wildman–Crippen MR) is 53.9 cm³/mol. The van der Waals surface area contributed by atoms with Crippen molar-refractivity contribution in [2.75, 3.05) is 0 Å². The lowest BCUT2D eigenvalue weighted by Gasteiger charge is -2.13. The molecule has 14 heavy (non-hydrogen) atoms. The Morgan fingerprint density at radius 1 is 1.57 bits per heavy atom. The molecule has 0 aliphatic heterocycles. The summed E-state index contributed by atoms with van der Waals surface area (Å²) in [6.07, 6.45) is -0.667. The van der Waals surface area contributed by atoms with Crippen LogP contribution >= 0.6 is 11.6 Å². The summed E-state index contributed by atoms with van der Waals surface area (Å²) in [6.45, 7) is 1.59. The standard InChI is InChI=1S/C9H11ClN2O2/c1-6(9(13)12-11)14-8-5-3-2-4-7(8)10/h2-6H,11H2,1H3,(H,12,13). The molecule has 1 amide bonds. The van der Waals surface area contributed by atoms with Crippen LogP contribution in [-0.4, -0.2) is 12.0 Å². The number of benzene rings is 1. The number of nitrogens with two attached hydrogens (primary N) is 1. The number of hydrogen-bond donors (Lipinski definition) is 2. The van der Waals surface area contributed by atoms with Crippen LogP contribution in [0.1, 0.15) is 6.92 Å². The predicted octanol–water partition coefficient (Wildman–Crippen LogP) is 1.10. The van der Waals surface area contributed by atoms with Crippen LogP contribution in [0.2, 0.25) is 5.02 Å². The number of amides is 1. The van der Waals surface area contributed by atoms with Gasteiger partial charge in [0.1, 0.15) is 5.75 Å². The van der Waals surface area contributed by atoms with E-state index in [4.69, 9.17) is 22.2 Å². The van der Waals surface area contributed by atoms with Crippen LogP contribution in [0.4, 0.5) is 0 Å². The highest BCUT2D eigenvalue weighted by molar-refractivity contribution is 6.32. The van der Waals surface area contributed by atoms with Gasteiger partial charge in [0.15, 0.2) is 6.10 Å². The molecule has 0 heterocycles. The van der Waals surface area contributed by atoms with Crippen LogP contribution in [0, 0.1) is 0 Å². The molecule has 1 atom stereocenters. The Balaban J connectivity index is 2.69. The second kappa shape index (κ2) is 4.83. The van der Waals surface area contributed by atoms with Crippen molar-refractivity contribution in [3.05, 3.63) is 29.3 Å². The highest BCUT2D eigenvalue weighted by Crippen LogP contribution is 2.23. The number of nitrogens with one attached hydrogen (secondary N) is 1. The average Bonchev–Trinajstić information content (AvgIpc) is 2.20. The molecular formula is C9H11ClN2O2. The number of ether oxygens (including phenoxy) is 1. The lowest BCUT2D eigenvalue weighted by Crippen LogP contribution is -2.40. The van der Waals surface area contributed by atoms with Gasteiger partial charge >= 0.3 is 0 Å². The third-order valence-corrected chi connectivity index (χ3v) is 1.96. The Hall–Kier alpha value is -1.26. The maximum absolute atomic E-state index is 11.0. The first kappa shape index (κ1) is 10.8. The van der Waals surface area contributed by atoms with E-state index in [-0.39, 0.29) is 0 Å². The highest BCUT2D eigenvalue weighted by atomic mass is 35.5. The number of rotatable bonds is 3. The highest BCUT2D eigenvalue weighted by Gasteiger charge is 2.13. The molecule has 0 aliphatic carbocycles. The molecule has 1 unspecified atom stereocenters. The van der Waals surface area contributed by atoms with E-state index in [1.165, 1.54) is 0 Å². The molecule has 1 aromatic carbocycles. The van der Waals surface area contributed by atoms with E-state index in [1.807, 2.05) is 5.43 Å². The topological polar surface area (TPSA) is 64.3 Å². The van der Waals surface area contributed by atoms with E-state index in [0.29, 0.717) is 10.8 Å². The zero-order valence-electron chi connectivity index (χ0n) is 7.66. The van der Waals surface area contributed by atoms with Gasteiger partial charge in [0.25, 0.3) is 5.91 Å². The quantitative estimate of drug-likeness (QED) is 0.450. The van der Waals surface area contributed by atoms with E-state index in [0.717, 1.165) is 0 Å². The zero-order chi connectivity index (χ0) is 10.6. The maximum Gasteiger partial charge on any atom is 0.274 e. The Bertz CT molecular complexity index is 330. The summed E-state index contributed by atoms with van der Waals surface area (Å²) in [6, 6.07) is 6.92. The van der Waals surface area contributed by atoms with Gasteiger partial charge in [-0.1, -0.05) is 23.7 Å². The summed E-state index contributed by atoms with van der Waals surface area (Å²) in [5.41, 5.74) is 2.00. The largest absolute Gasteiger partial charge is 0.479 e. The molecule has 0 radical (unpaired) electrons. The van der Waals surface area contributed by atoms with E-state index in [1.54, 1.807) is 31.2 Å². The van der Waals surface area contributed by atoms with Gasteiger partial charge in [0.2, 0.25) is 0 Å². The van der Waals surface area contributed by atoms with Gasteiger partial charge in [0.05, 0.1) is 5.02 Å². The minimum absolute atomic E-state index is 0.398. The fourth-order valence-electron chi connectivity index (χ4n) is 0.902. The van der Waals surface area contributed by atoms with Crippen molar-refractivity contribution >= 4 is 17.5 Å². The minimum Gasteiger partial charge on any atom is -0.479 e. The molecule has 0 spiro atoms. The number of hydrazine groups is 1. The van der Waals surface area contributed by atoms with Crippen molar-refractivity contribution in [2.24, 2.45) is 5.84 Å². The van der Waals surface area contributed by atoms with Gasteiger partial charge in [-0.25, -0.2) is 5.84 Å². The van der Waals surface area contributed by atoms with E-state index < -0.39 is 12.0 Å². The summed E-state index contributed by atoms with van der Waals surface area (Å²) < 4.78 is 5.27. The number of carbonyl (C=O) groups excluding carboxylic acids is 1. The van der Waals surface area contributed by atoms with Gasteiger partial charge in [-0.2, -0.15) is 0 Å². The Morgan fingerprint density at radius 3 is 2.79 bits per heavy atom. The molecule has 0 saturated carbocycles. The second-order valence-corrected chi connectivity index (χ2v) is 3.11. The summed E-state index contributed by atoms with van der Waals surface area (Å²) in [4.78, 5) is 11.0. The second-order valence-electron chi connectivity index (χ2n) is 2.70. The van der Waals surface area contributed by atoms with Crippen LogP contribution < -0.4 is 16.0 Å². The molecule has 5 heteroatoms. The van der Waals surface area contributed by atoms with Crippen molar-refractivity contribution in [1.82, 2.24) is 5.43 Å². The van der Waals surface area contributed by atoms with Crippen molar-refractivity contribution in [2.45, 2.75) is 13.0 Å². The zero-order valence-corrected chi connectivity index (χ0v) is 8.41. The monoisotopic (exact) mass is 214 g/mol. The molecule has 4 nitrogen and oxygen atoms in total. The molecule has 1 aromatic rings. The summed E-state index contributed by atoms with van der Waals surface area (Å²) >= 11 is 5.83. The van der Waals surface area contributed by atoms with Gasteiger partial charge in [-0.05, 0) is 19.1 Å². The Morgan fingerprint density at radius 2 is 2.21 bits per heavy atom. The molecule has 0 bridgehead atoms. The molecule has 3 N–H and O–H groups in total. The SMILES string of the molecule is CC(Oc1ccccc1Cl)C(=O)NN. The molecule has 76 valence electrons. The van der Waals surface area contributed by atoms with Gasteiger partial charge in [0, 0.05) is 0 Å². The van der Waals surface area contributed by atoms with Gasteiger partial charge in [-0.3, -0.25) is 10.2 Å². The van der Waals surface area contributed by atoms with Gasteiger partial charge < -0.3 is 4.74 Å². The molecular weight excluding hydrogens is 204 g/mol. The first-order valence-electron chi connectivity index (χ1n) is 4.06. The normalized spacial score (nSPS) is 11.9. The number of para-hydroxylation sites is 1. The molecule has 0 saturated heterocycles. The molecule has 0 aliphatic rings. The number of halogens is 1. The molecule has 0 aromatic heterocycles. The number of carbonyl (C=O) groups is 1. The summed E-state index contributed by atoms with van der Waals surface area (Å²) in [5.74, 6) is 5.02. The fraction of sp³-hybridized carbons (Fsp3) is 0.222. The summed E-state index contributed by atoms with van der Waals surface area (Å²) in [5, 5.41) is 0.462. The third-order valence-electron chi connectivity index (χ3n) is 1.65. The van der Waals surface area contributed by atoms with Crippen molar-refractivity contribution < 1.29 is 9.53 Å². The van der Waals surface area contributed by atoms with E-state index in [2.05, 4.69) is 0 Å². The van der Waals surface area contributed by atoms with Crippen LogP contribution in [0.3, 0.4) is 0 Å². The van der Waals surface area contributed by atoms with Crippen molar-refractivity contribution in [1.29, 1.82) is 0 Å². The lowest BCUT2D eigenvalue weighted by molar-refractivity contribution is -0.127. The van der Waals surface area contributed by atoms with Crippen LogP contribution in [0.15, 0.2) is 24.3 Å². The van der Waals surface area contributed by atoms with E-state index >= 15 is 0 Å². The van der Waals surface area contributed by atoms with Crippen molar-refractivity contribution in [3.8, 4) is 5.75 Å². The van der Waals surface area contributed by atoms with Crippen LogP contribution in [-0.2, 0) is 4.79 Å². The third kappa shape index (κ3) is 2.61. The van der Waals surface area contributed by atoms with Crippen molar-refractivity contribution in [3.63, 3.8) is 0 Å². The average molecular weight is 215 g/mol. The lowest BCUT2D eigenvalue weighted by atomic mass is 10.3. The maximum atomic E-state index is 11.0. The number of hydrogen-bond acceptors (Lipinski definition) is 3. The minimum atomic E-state index is -0.667. The smallest absolute Gasteiger partial charge is 0.274 e. The van der Waals surface area contributed by atoms with E-state index in [9.17, 15) is 4.79 Å². The first-order chi connectivity index (χ1) is 6.65. The van der Waals surface area contributed by atoms with Crippen LogP contribution in [0.5, 0.6) is 5.75 Å².